The Morgan fingerprint density at radius 3 is 2.52 bits per heavy atom. The molecule has 0 atom stereocenters. The maximum Gasteiger partial charge on any atom is 0.237 e. The average molecular weight is 279 g/mol. The van der Waals surface area contributed by atoms with E-state index in [-0.39, 0.29) is 5.78 Å². The van der Waals surface area contributed by atoms with Crippen LogP contribution in [0.25, 0.3) is 0 Å². The minimum atomic E-state index is -0.254. The van der Waals surface area contributed by atoms with E-state index in [2.05, 4.69) is 11.8 Å². The van der Waals surface area contributed by atoms with Crippen LogP contribution in [-0.4, -0.2) is 12.4 Å². The molecule has 2 rings (SSSR count). The van der Waals surface area contributed by atoms with Crippen LogP contribution in [0.1, 0.15) is 22.3 Å². The van der Waals surface area contributed by atoms with Crippen molar-refractivity contribution in [1.29, 1.82) is 0 Å². The molecule has 0 unspecified atom stereocenters. The molecule has 0 amide bonds. The summed E-state index contributed by atoms with van der Waals surface area (Å²) in [6.45, 7) is 1.06. The Morgan fingerprint density at radius 1 is 1.05 bits per heavy atom. The van der Waals surface area contributed by atoms with Crippen LogP contribution in [0.2, 0.25) is 0 Å². The van der Waals surface area contributed by atoms with Gasteiger partial charge in [0.05, 0.1) is 18.8 Å². The van der Waals surface area contributed by atoms with Crippen molar-refractivity contribution in [1.82, 2.24) is 0 Å². The van der Waals surface area contributed by atoms with Crippen molar-refractivity contribution in [2.24, 2.45) is 0 Å². The summed E-state index contributed by atoms with van der Waals surface area (Å²) < 4.78 is 5.49. The first-order valence-electron chi connectivity index (χ1n) is 6.77. The van der Waals surface area contributed by atoms with E-state index < -0.39 is 0 Å². The minimum Gasteiger partial charge on any atom is -0.398 e. The summed E-state index contributed by atoms with van der Waals surface area (Å²) in [5.74, 6) is 5.15. The van der Waals surface area contributed by atoms with Gasteiger partial charge in [-0.05, 0) is 23.6 Å². The first-order valence-corrected chi connectivity index (χ1v) is 6.77. The van der Waals surface area contributed by atoms with Crippen molar-refractivity contribution in [2.45, 2.75) is 13.0 Å². The molecule has 0 saturated heterocycles. The van der Waals surface area contributed by atoms with Gasteiger partial charge in [-0.15, -0.1) is 0 Å². The third kappa shape index (κ3) is 4.79. The van der Waals surface area contributed by atoms with Gasteiger partial charge < -0.3 is 10.5 Å². The molecule has 0 aliphatic carbocycles. The molecule has 2 aromatic rings. The molecule has 0 spiro atoms. The number of carbonyl (C=O) groups is 1. The predicted octanol–water partition coefficient (Wildman–Crippen LogP) is 3.06. The van der Waals surface area contributed by atoms with Crippen LogP contribution in [0.4, 0.5) is 5.69 Å². The molecule has 106 valence electrons. The van der Waals surface area contributed by atoms with Gasteiger partial charge >= 0.3 is 0 Å². The van der Waals surface area contributed by atoms with Crippen LogP contribution in [0.15, 0.2) is 54.6 Å². The second-order valence-corrected chi connectivity index (χ2v) is 4.51. The van der Waals surface area contributed by atoms with Crippen LogP contribution in [-0.2, 0) is 11.3 Å². The third-order valence-corrected chi connectivity index (χ3v) is 2.89. The second-order valence-electron chi connectivity index (χ2n) is 4.51. The molecule has 0 heterocycles. The SMILES string of the molecule is Nc1ccccc1C(=O)C#CCCOCc1ccccc1. The summed E-state index contributed by atoms with van der Waals surface area (Å²) in [6.07, 6.45) is 0.519. The number of Topliss-reactive ketones (excluding diaryl/α,β-unsaturated/α-hetero) is 1. The molecular weight excluding hydrogens is 262 g/mol. The van der Waals surface area contributed by atoms with Gasteiger partial charge in [-0.3, -0.25) is 4.79 Å². The summed E-state index contributed by atoms with van der Waals surface area (Å²) in [5.41, 5.74) is 7.76. The van der Waals surface area contributed by atoms with Gasteiger partial charge in [-0.2, -0.15) is 0 Å². The summed E-state index contributed by atoms with van der Waals surface area (Å²) >= 11 is 0. The molecule has 0 aromatic heterocycles. The third-order valence-electron chi connectivity index (χ3n) is 2.89. The average Bonchev–Trinajstić information content (AvgIpc) is 2.52. The van der Waals surface area contributed by atoms with E-state index in [0.29, 0.717) is 30.9 Å². The highest BCUT2D eigenvalue weighted by atomic mass is 16.5. The van der Waals surface area contributed by atoms with Crippen molar-refractivity contribution in [3.8, 4) is 11.8 Å². The van der Waals surface area contributed by atoms with Crippen molar-refractivity contribution < 1.29 is 9.53 Å². The molecule has 3 heteroatoms. The van der Waals surface area contributed by atoms with E-state index in [1.807, 2.05) is 30.3 Å². The number of nitrogens with two attached hydrogens (primary N) is 1. The number of para-hydroxylation sites is 1. The molecule has 0 aliphatic rings. The number of carbonyl (C=O) groups excluding carboxylic acids is 1. The van der Waals surface area contributed by atoms with Crippen molar-refractivity contribution in [2.75, 3.05) is 12.3 Å². The Kier molecular flexibility index (Phi) is 5.57. The smallest absolute Gasteiger partial charge is 0.237 e. The molecule has 0 saturated carbocycles. The lowest BCUT2D eigenvalue weighted by Gasteiger charge is -2.01. The highest BCUT2D eigenvalue weighted by molar-refractivity contribution is 6.12. The van der Waals surface area contributed by atoms with Gasteiger partial charge in [0.1, 0.15) is 0 Å². The lowest BCUT2D eigenvalue weighted by atomic mass is 10.1. The Balaban J connectivity index is 1.74. The van der Waals surface area contributed by atoms with Gasteiger partial charge in [0.2, 0.25) is 5.78 Å². The van der Waals surface area contributed by atoms with Gasteiger partial charge in [-0.1, -0.05) is 48.4 Å². The van der Waals surface area contributed by atoms with Crippen molar-refractivity contribution >= 4 is 11.5 Å². The first kappa shape index (κ1) is 14.8. The highest BCUT2D eigenvalue weighted by Gasteiger charge is 2.04. The Labute approximate surface area is 124 Å². The van der Waals surface area contributed by atoms with Crippen molar-refractivity contribution in [3.63, 3.8) is 0 Å². The van der Waals surface area contributed by atoms with E-state index >= 15 is 0 Å². The summed E-state index contributed by atoms with van der Waals surface area (Å²) in [6, 6.07) is 16.9. The quantitative estimate of drug-likeness (QED) is 0.301. The topological polar surface area (TPSA) is 52.3 Å². The number of hydrogen-bond donors (Lipinski definition) is 1. The second kappa shape index (κ2) is 7.88. The fourth-order valence-corrected chi connectivity index (χ4v) is 1.80. The summed E-state index contributed by atoms with van der Waals surface area (Å²) in [4.78, 5) is 11.8. The zero-order chi connectivity index (χ0) is 14.9. The summed E-state index contributed by atoms with van der Waals surface area (Å²) in [7, 11) is 0. The van der Waals surface area contributed by atoms with Gasteiger partial charge in [0.15, 0.2) is 0 Å². The van der Waals surface area contributed by atoms with Crippen LogP contribution in [0.3, 0.4) is 0 Å². The molecule has 21 heavy (non-hydrogen) atoms. The zero-order valence-electron chi connectivity index (χ0n) is 11.7. The number of ether oxygens (including phenoxy) is 1. The number of nitrogen functional groups attached to an aromatic ring is 1. The fraction of sp³-hybridized carbons (Fsp3) is 0.167. The van der Waals surface area contributed by atoms with Gasteiger partial charge in [0.25, 0.3) is 0 Å². The number of ketones is 1. The molecule has 0 fully saturated rings. The number of rotatable bonds is 5. The predicted molar refractivity (Wildman–Crippen MR) is 83.7 cm³/mol. The highest BCUT2D eigenvalue weighted by Crippen LogP contribution is 2.10. The van der Waals surface area contributed by atoms with Crippen molar-refractivity contribution in [3.05, 3.63) is 65.7 Å². The molecular formula is C18H17NO2. The molecule has 0 radical (unpaired) electrons. The minimum absolute atomic E-state index is 0.254. The van der Waals surface area contributed by atoms with Crippen LogP contribution >= 0.6 is 0 Å². The maximum absolute atomic E-state index is 11.8. The van der Waals surface area contributed by atoms with E-state index in [1.54, 1.807) is 24.3 Å². The molecule has 0 aliphatic heterocycles. The Hall–Kier alpha value is -2.57. The lowest BCUT2D eigenvalue weighted by molar-refractivity contribution is 0.105. The fourth-order valence-electron chi connectivity index (χ4n) is 1.80. The van der Waals surface area contributed by atoms with Crippen LogP contribution < -0.4 is 5.73 Å². The molecule has 0 bridgehead atoms. The Morgan fingerprint density at radius 2 is 1.76 bits per heavy atom. The zero-order valence-corrected chi connectivity index (χ0v) is 11.7. The largest absolute Gasteiger partial charge is 0.398 e. The normalized spacial score (nSPS) is 9.71. The monoisotopic (exact) mass is 279 g/mol. The standard InChI is InChI=1S/C18H17NO2/c19-17-11-5-4-10-16(17)18(20)12-6-7-13-21-14-15-8-2-1-3-9-15/h1-5,8-11H,7,13-14,19H2. The molecule has 2 aromatic carbocycles. The molecule has 2 N–H and O–H groups in total. The van der Waals surface area contributed by atoms with Crippen LogP contribution in [0.5, 0.6) is 0 Å². The summed E-state index contributed by atoms with van der Waals surface area (Å²) in [5, 5.41) is 0. The number of hydrogen-bond acceptors (Lipinski definition) is 3. The van der Waals surface area contributed by atoms with Gasteiger partial charge in [-0.25, -0.2) is 0 Å². The lowest BCUT2D eigenvalue weighted by Crippen LogP contribution is -2.01. The van der Waals surface area contributed by atoms with E-state index in [9.17, 15) is 4.79 Å². The maximum atomic E-state index is 11.8. The van der Waals surface area contributed by atoms with E-state index in [0.717, 1.165) is 5.56 Å². The number of anilines is 1. The van der Waals surface area contributed by atoms with Gasteiger partial charge in [0, 0.05) is 12.1 Å². The first-order chi connectivity index (χ1) is 10.3. The van der Waals surface area contributed by atoms with E-state index in [1.165, 1.54) is 0 Å². The number of benzene rings is 2. The Bertz CT molecular complexity index is 654. The molecule has 3 nitrogen and oxygen atoms in total. The van der Waals surface area contributed by atoms with Crippen LogP contribution in [0, 0.1) is 11.8 Å². The van der Waals surface area contributed by atoms with E-state index in [4.69, 9.17) is 10.5 Å².